The second kappa shape index (κ2) is 7.79. The minimum Gasteiger partial charge on any atom is -0.464 e. The highest BCUT2D eigenvalue weighted by atomic mass is 16.5. The molecule has 0 spiro atoms. The van der Waals surface area contributed by atoms with Gasteiger partial charge in [-0.2, -0.15) is 0 Å². The number of ether oxygens (including phenoxy) is 1. The maximum absolute atomic E-state index is 12.5. The van der Waals surface area contributed by atoms with Crippen LogP contribution in [-0.2, 0) is 14.9 Å². The molecule has 0 unspecified atom stereocenters. The van der Waals surface area contributed by atoms with Crippen molar-refractivity contribution in [1.29, 1.82) is 0 Å². The van der Waals surface area contributed by atoms with E-state index in [0.29, 0.717) is 5.56 Å². The molecule has 0 aliphatic carbocycles. The van der Waals surface area contributed by atoms with Crippen molar-refractivity contribution < 1.29 is 14.3 Å². The minimum atomic E-state index is -0.594. The monoisotopic (exact) mass is 337 g/mol. The number of amides is 1. The molecule has 2 rings (SSSR count). The molecule has 1 amide bonds. The Morgan fingerprint density at radius 3 is 2.08 bits per heavy atom. The van der Waals surface area contributed by atoms with Gasteiger partial charge in [0, 0.05) is 5.56 Å². The van der Waals surface area contributed by atoms with Crippen molar-refractivity contribution in [3.05, 3.63) is 77.0 Å². The highest BCUT2D eigenvalue weighted by Gasteiger charge is 2.17. The first-order valence-electron chi connectivity index (χ1n) is 8.08. The fourth-order valence-corrected chi connectivity index (χ4v) is 2.29. The number of hydrogen-bond acceptors (Lipinski definition) is 3. The first kappa shape index (κ1) is 18.5. The lowest BCUT2D eigenvalue weighted by Crippen LogP contribution is -2.28. The van der Waals surface area contributed by atoms with Crippen LogP contribution in [0.5, 0.6) is 0 Å². The van der Waals surface area contributed by atoms with Gasteiger partial charge in [-0.3, -0.25) is 4.79 Å². The average Bonchev–Trinajstić information content (AvgIpc) is 2.60. The molecule has 0 saturated carbocycles. The van der Waals surface area contributed by atoms with Crippen LogP contribution in [0, 0.1) is 0 Å². The van der Waals surface area contributed by atoms with Crippen molar-refractivity contribution in [2.24, 2.45) is 0 Å². The van der Waals surface area contributed by atoms with Crippen LogP contribution in [0.25, 0.3) is 6.08 Å². The summed E-state index contributed by atoms with van der Waals surface area (Å²) in [4.78, 5) is 24.4. The molecule has 0 fully saturated rings. The molecule has 0 atom stereocenters. The first-order chi connectivity index (χ1) is 11.8. The molecular formula is C21H23NO3. The summed E-state index contributed by atoms with van der Waals surface area (Å²) in [6, 6.07) is 16.6. The second-order valence-electron chi connectivity index (χ2n) is 6.74. The van der Waals surface area contributed by atoms with E-state index in [1.165, 1.54) is 7.11 Å². The summed E-state index contributed by atoms with van der Waals surface area (Å²) < 4.78 is 4.76. The third kappa shape index (κ3) is 5.05. The molecule has 4 nitrogen and oxygen atoms in total. The van der Waals surface area contributed by atoms with E-state index in [0.717, 1.165) is 11.1 Å². The summed E-state index contributed by atoms with van der Waals surface area (Å²) >= 11 is 0. The van der Waals surface area contributed by atoms with Crippen molar-refractivity contribution in [3.8, 4) is 0 Å². The number of esters is 1. The van der Waals surface area contributed by atoms with Crippen molar-refractivity contribution in [2.75, 3.05) is 7.11 Å². The van der Waals surface area contributed by atoms with Gasteiger partial charge < -0.3 is 10.1 Å². The van der Waals surface area contributed by atoms with Crippen LogP contribution >= 0.6 is 0 Å². The minimum absolute atomic E-state index is 0.0133. The van der Waals surface area contributed by atoms with Crippen LogP contribution in [0.3, 0.4) is 0 Å². The number of benzene rings is 2. The molecule has 2 aromatic carbocycles. The van der Waals surface area contributed by atoms with E-state index in [9.17, 15) is 9.59 Å². The number of rotatable bonds is 4. The Balaban J connectivity index is 2.22. The lowest BCUT2D eigenvalue weighted by molar-refractivity contribution is -0.136. The fraction of sp³-hybridized carbons (Fsp3) is 0.238. The Bertz CT molecular complexity index is 769. The molecule has 0 bridgehead atoms. The van der Waals surface area contributed by atoms with E-state index in [-0.39, 0.29) is 17.0 Å². The largest absolute Gasteiger partial charge is 0.464 e. The normalized spacial score (nSPS) is 11.8. The highest BCUT2D eigenvalue weighted by molar-refractivity contribution is 6.03. The zero-order valence-electron chi connectivity index (χ0n) is 15.0. The second-order valence-corrected chi connectivity index (χ2v) is 6.74. The van der Waals surface area contributed by atoms with Crippen LogP contribution in [0.2, 0.25) is 0 Å². The predicted octanol–water partition coefficient (Wildman–Crippen LogP) is 3.93. The van der Waals surface area contributed by atoms with Crippen molar-refractivity contribution in [1.82, 2.24) is 5.32 Å². The summed E-state index contributed by atoms with van der Waals surface area (Å²) in [5.74, 6) is -0.948. The molecule has 2 aromatic rings. The molecule has 0 aliphatic rings. The molecule has 0 aliphatic heterocycles. The van der Waals surface area contributed by atoms with Gasteiger partial charge >= 0.3 is 5.97 Å². The zero-order chi connectivity index (χ0) is 18.4. The predicted molar refractivity (Wildman–Crippen MR) is 99.0 cm³/mol. The zero-order valence-corrected chi connectivity index (χ0v) is 15.0. The lowest BCUT2D eigenvalue weighted by Gasteiger charge is -2.19. The Labute approximate surface area is 148 Å². The van der Waals surface area contributed by atoms with Crippen LogP contribution in [-0.4, -0.2) is 19.0 Å². The average molecular weight is 337 g/mol. The van der Waals surface area contributed by atoms with E-state index in [4.69, 9.17) is 4.74 Å². The van der Waals surface area contributed by atoms with Crippen molar-refractivity contribution in [3.63, 3.8) is 0 Å². The molecule has 1 N–H and O–H groups in total. The molecule has 4 heteroatoms. The van der Waals surface area contributed by atoms with Crippen LogP contribution in [0.1, 0.15) is 42.3 Å². The van der Waals surface area contributed by atoms with Crippen molar-refractivity contribution in [2.45, 2.75) is 26.2 Å². The molecular weight excluding hydrogens is 314 g/mol. The van der Waals surface area contributed by atoms with Gasteiger partial charge in [-0.05, 0) is 34.8 Å². The molecule has 130 valence electrons. The maximum atomic E-state index is 12.5. The van der Waals surface area contributed by atoms with Gasteiger partial charge in [0.05, 0.1) is 7.11 Å². The quantitative estimate of drug-likeness (QED) is 0.679. The highest BCUT2D eigenvalue weighted by Crippen LogP contribution is 2.22. The molecule has 0 radical (unpaired) electrons. The van der Waals surface area contributed by atoms with E-state index >= 15 is 0 Å². The van der Waals surface area contributed by atoms with Gasteiger partial charge in [0.1, 0.15) is 5.70 Å². The lowest BCUT2D eigenvalue weighted by atomic mass is 9.87. The van der Waals surface area contributed by atoms with E-state index in [2.05, 4.69) is 26.1 Å². The number of hydrogen-bond donors (Lipinski definition) is 1. The van der Waals surface area contributed by atoms with E-state index in [1.54, 1.807) is 18.2 Å². The topological polar surface area (TPSA) is 55.4 Å². The third-order valence-corrected chi connectivity index (χ3v) is 3.78. The van der Waals surface area contributed by atoms with Gasteiger partial charge in [-0.1, -0.05) is 63.2 Å². The Morgan fingerprint density at radius 1 is 0.960 bits per heavy atom. The molecule has 0 heterocycles. The van der Waals surface area contributed by atoms with E-state index in [1.807, 2.05) is 42.5 Å². The van der Waals surface area contributed by atoms with Crippen LogP contribution in [0.15, 0.2) is 60.3 Å². The Morgan fingerprint density at radius 2 is 1.56 bits per heavy atom. The summed E-state index contributed by atoms with van der Waals surface area (Å²) in [5, 5.41) is 2.64. The molecule has 0 aromatic heterocycles. The summed E-state index contributed by atoms with van der Waals surface area (Å²) in [6.07, 6.45) is 1.59. The smallest absolute Gasteiger partial charge is 0.354 e. The maximum Gasteiger partial charge on any atom is 0.354 e. The van der Waals surface area contributed by atoms with Gasteiger partial charge in [-0.15, -0.1) is 0 Å². The summed E-state index contributed by atoms with van der Waals surface area (Å²) in [5.41, 5.74) is 2.53. The van der Waals surface area contributed by atoms with Gasteiger partial charge in [0.25, 0.3) is 5.91 Å². The van der Waals surface area contributed by atoms with Crippen LogP contribution in [0.4, 0.5) is 0 Å². The number of methoxy groups -OCH3 is 1. The van der Waals surface area contributed by atoms with Crippen molar-refractivity contribution >= 4 is 18.0 Å². The SMILES string of the molecule is COC(=O)C(=Cc1ccccc1)NC(=O)c1ccc(C(C)(C)C)cc1. The third-order valence-electron chi connectivity index (χ3n) is 3.78. The summed E-state index contributed by atoms with van der Waals surface area (Å²) in [7, 11) is 1.28. The first-order valence-corrected chi connectivity index (χ1v) is 8.08. The number of carbonyl (C=O) groups excluding carboxylic acids is 2. The Hall–Kier alpha value is -2.88. The van der Waals surface area contributed by atoms with Crippen LogP contribution < -0.4 is 5.32 Å². The Kier molecular flexibility index (Phi) is 5.75. The van der Waals surface area contributed by atoms with E-state index < -0.39 is 5.97 Å². The standard InChI is InChI=1S/C21H23NO3/c1-21(2,3)17-12-10-16(11-13-17)19(23)22-18(20(24)25-4)14-15-8-6-5-7-9-15/h5-14H,1-4H3,(H,22,23). The van der Waals surface area contributed by atoms with Gasteiger partial charge in [0.15, 0.2) is 0 Å². The number of carbonyl (C=O) groups is 2. The van der Waals surface area contributed by atoms with Gasteiger partial charge in [0.2, 0.25) is 0 Å². The van der Waals surface area contributed by atoms with Gasteiger partial charge in [-0.25, -0.2) is 4.79 Å². The molecule has 25 heavy (non-hydrogen) atoms. The summed E-state index contributed by atoms with van der Waals surface area (Å²) in [6.45, 7) is 6.33. The molecule has 0 saturated heterocycles. The fourth-order valence-electron chi connectivity index (χ4n) is 2.29. The number of nitrogens with one attached hydrogen (secondary N) is 1.